The number of fused-ring (bicyclic) bond motifs is 2. The maximum absolute atomic E-state index is 15.1. The number of unbranched alkanes of at least 4 members (excludes halogenated alkanes) is 2. The first kappa shape index (κ1) is 80.8. The number of hydrogen-bond acceptors (Lipinski definition) is 22. The van der Waals surface area contributed by atoms with Gasteiger partial charge in [0.15, 0.2) is 11.3 Å². The molecule has 4 aromatic rings. The molecule has 1 aliphatic carbocycles. The van der Waals surface area contributed by atoms with Crippen LogP contribution in [0.15, 0.2) is 118 Å². The van der Waals surface area contributed by atoms with Crippen LogP contribution in [0.2, 0.25) is 0 Å². The van der Waals surface area contributed by atoms with Gasteiger partial charge in [-0.25, -0.2) is 9.78 Å². The Morgan fingerprint density at radius 3 is 2.15 bits per heavy atom. The molecule has 5 heterocycles. The highest BCUT2D eigenvalue weighted by Crippen LogP contribution is 2.51. The fourth-order valence-corrected chi connectivity index (χ4v) is 14.3. The molecule has 5 aliphatic heterocycles. The van der Waals surface area contributed by atoms with Gasteiger partial charge in [0, 0.05) is 122 Å². The third-order valence-electron chi connectivity index (χ3n) is 21.1. The molecule has 1 saturated heterocycles. The predicted octanol–water partition coefficient (Wildman–Crippen LogP) is 8.51. The molecule has 0 unspecified atom stereocenters. The van der Waals surface area contributed by atoms with Crippen molar-refractivity contribution in [1.82, 2.24) is 25.8 Å². The first-order valence-corrected chi connectivity index (χ1v) is 36.8. The summed E-state index contributed by atoms with van der Waals surface area (Å²) in [5, 5.41) is 71.4. The van der Waals surface area contributed by atoms with Gasteiger partial charge < -0.3 is 81.4 Å². The van der Waals surface area contributed by atoms with Gasteiger partial charge >= 0.3 is 11.8 Å². The molecule has 8 amide bonds. The first-order valence-electron chi connectivity index (χ1n) is 36.8. The van der Waals surface area contributed by atoms with Gasteiger partial charge in [0.25, 0.3) is 23.5 Å². The lowest BCUT2D eigenvalue weighted by Crippen LogP contribution is -2.54. The number of rotatable bonds is 23. The van der Waals surface area contributed by atoms with Crippen LogP contribution in [-0.2, 0) is 49.7 Å². The summed E-state index contributed by atoms with van der Waals surface area (Å²) in [5.41, 5.74) is 10.1. The SMILES string of the molecule is CO[C@H]1/C=C/O[C@@]2(C)Oc3c(C)c(O)c4c(=O)c(c5oc6cc(N7CCC(c8ccc(NOCc9ccc(NC(=O)[C@H](CCCNC(N)=O)NC(=O)[C@@H](NC(=O)CCCCCN%10C(=O)C=CC%10=O)C(C)C)cc9)cc8)CC7)cc(O)c6nc-5c4c3C2=O)NC(=O)/C(C)=C\C=C\[C@H](C)[C@H](O)[C@@H](C)[C@@H](O)[C@@H](C)[C@H](O)[C@@H]1C. The monoisotopic (exact) mass is 1500 g/mol. The standard InChI is InChI=1S/C80H98N10O19/c1-41(2)64(85-58(92)19-12-11-13-34-90-59(93)28-29-60(90)94)78(103)84-54(18-15-33-82-79(81)104)77(102)83-51-24-20-48(21-25-51)40-107-88-52-26-22-49(23-27-52)50-30-35-89(36-31-50)53-38-55(91)65-57(39-53)108-74-66(86-65)61-62-71(98)47(8)73-63(61)75(100)80(9,109-73)106-37-32-56(105-10)44(5)69(96)46(7)70(97)45(6)68(95)42(3)16-14-17-43(4)76(101)87-67(74)72(62)99/h14,16-17,20-29,32,37-39,41-42,44-46,50,54,56,64,68-70,88,91,95-98H,11-13,15,18-19,30-31,33-36,40H2,1-10H3,(H,83,102)(H,84,103)(H,85,92)(H,87,101)(H3,81,82,104)/b16-14+,37-32+,43-17-/t42-,44+,45+,46-,54-,56-,64-,68-,69+,70+,80-/m0/s1. The van der Waals surface area contributed by atoms with Crippen LogP contribution < -0.4 is 52.9 Å². The number of primary amides is 1. The maximum atomic E-state index is 15.1. The Labute approximate surface area is 630 Å². The second-order valence-electron chi connectivity index (χ2n) is 29.2. The Kier molecular flexibility index (Phi) is 26.0. The Balaban J connectivity index is 0.796. The van der Waals surface area contributed by atoms with Crippen molar-refractivity contribution in [3.63, 3.8) is 0 Å². The molecule has 29 heteroatoms. The van der Waals surface area contributed by atoms with E-state index in [1.165, 1.54) is 58.4 Å². The minimum atomic E-state index is -2.12. The molecule has 0 radical (unpaired) electrons. The molecule has 10 rings (SSSR count). The maximum Gasteiger partial charge on any atom is 0.312 e. The summed E-state index contributed by atoms with van der Waals surface area (Å²) in [5.74, 6) is -10.0. The minimum Gasteiger partial charge on any atom is -0.507 e. The van der Waals surface area contributed by atoms with Crippen molar-refractivity contribution in [3.8, 4) is 28.7 Å². The number of phenolic OH excluding ortho intramolecular Hbond substituents is 2. The first-order chi connectivity index (χ1) is 51.9. The normalized spacial score (nSPS) is 23.8. The number of Topliss-reactive ketones (excluding diaryl/α,β-unsaturated/α-hetero) is 1. The number of carbonyl (C=O) groups excluding carboxylic acids is 8. The third kappa shape index (κ3) is 18.4. The van der Waals surface area contributed by atoms with Crippen molar-refractivity contribution in [2.45, 2.75) is 168 Å². The number of aromatic hydroxyl groups is 2. The number of aliphatic hydroxyl groups excluding tert-OH is 3. The van der Waals surface area contributed by atoms with Gasteiger partial charge in [-0.15, -0.1) is 0 Å². The third-order valence-corrected chi connectivity index (χ3v) is 21.1. The van der Waals surface area contributed by atoms with Crippen LogP contribution in [0.5, 0.6) is 17.2 Å². The molecular formula is C80H98N10O19. The Bertz CT molecular complexity index is 4550. The average Bonchev–Trinajstić information content (AvgIpc) is 1.68. The van der Waals surface area contributed by atoms with Gasteiger partial charge in [-0.1, -0.05) is 90.5 Å². The number of allylic oxidation sites excluding steroid dienone is 2. The molecule has 6 aliphatic rings. The molecular weight excluding hydrogens is 1400 g/mol. The van der Waals surface area contributed by atoms with E-state index in [-0.39, 0.29) is 118 Å². The van der Waals surface area contributed by atoms with Gasteiger partial charge in [-0.3, -0.25) is 53.6 Å². The van der Waals surface area contributed by atoms with E-state index in [1.54, 1.807) is 90.1 Å². The quantitative estimate of drug-likeness (QED) is 0.00939. The number of carbonyl (C=O) groups is 8. The number of nitrogens with zero attached hydrogens (tertiary/aromatic N) is 3. The summed E-state index contributed by atoms with van der Waals surface area (Å²) in [6.07, 6.45) is 9.07. The molecule has 29 nitrogen and oxygen atoms in total. The van der Waals surface area contributed by atoms with Crippen molar-refractivity contribution >= 4 is 91.9 Å². The lowest BCUT2D eigenvalue weighted by Gasteiger charge is -2.36. The Morgan fingerprint density at radius 2 is 1.48 bits per heavy atom. The molecule has 11 atom stereocenters. The largest absolute Gasteiger partial charge is 0.507 e. The van der Waals surface area contributed by atoms with E-state index in [9.17, 15) is 63.9 Å². The van der Waals surface area contributed by atoms with Crippen molar-refractivity contribution < 1.29 is 87.4 Å². The number of methoxy groups -OCH3 is 1. The summed E-state index contributed by atoms with van der Waals surface area (Å²) >= 11 is 0. The second kappa shape index (κ2) is 35.1. The second-order valence-corrected chi connectivity index (χ2v) is 29.2. The summed E-state index contributed by atoms with van der Waals surface area (Å²) in [4.78, 5) is 134. The predicted molar refractivity (Wildman–Crippen MR) is 407 cm³/mol. The van der Waals surface area contributed by atoms with Gasteiger partial charge in [0.05, 0.1) is 53.9 Å². The molecule has 0 saturated carbocycles. The topological polar surface area (TPSA) is 422 Å². The minimum absolute atomic E-state index is 0.000382. The zero-order valence-electron chi connectivity index (χ0n) is 62.8. The average molecular weight is 1500 g/mol. The van der Waals surface area contributed by atoms with E-state index in [0.717, 1.165) is 16.0 Å². The van der Waals surface area contributed by atoms with Crippen LogP contribution >= 0.6 is 0 Å². The van der Waals surface area contributed by atoms with E-state index < -0.39 is 118 Å². The summed E-state index contributed by atoms with van der Waals surface area (Å²) < 4.78 is 24.7. The molecule has 4 aromatic carbocycles. The van der Waals surface area contributed by atoms with Crippen LogP contribution in [0.3, 0.4) is 0 Å². The zero-order valence-corrected chi connectivity index (χ0v) is 62.8. The summed E-state index contributed by atoms with van der Waals surface area (Å²) in [7, 11) is 1.42. The smallest absolute Gasteiger partial charge is 0.312 e. The number of aliphatic hydroxyl groups is 3. The van der Waals surface area contributed by atoms with Crippen molar-refractivity contribution in [2.24, 2.45) is 35.3 Å². The number of nitrogens with two attached hydrogens (primary N) is 1. The Hall–Kier alpha value is -10.7. The number of phenols is 2. The number of imide groups is 1. The van der Waals surface area contributed by atoms with E-state index >= 15 is 4.79 Å². The van der Waals surface area contributed by atoms with Gasteiger partial charge in [-0.05, 0) is 106 Å². The molecule has 0 spiro atoms. The number of ketones is 1. The highest BCUT2D eigenvalue weighted by Gasteiger charge is 2.50. The number of piperidine rings is 1. The van der Waals surface area contributed by atoms with E-state index in [2.05, 4.69) is 37.0 Å². The van der Waals surface area contributed by atoms with E-state index in [0.29, 0.717) is 68.7 Å². The molecule has 13 N–H and O–H groups in total. The van der Waals surface area contributed by atoms with Gasteiger partial charge in [0.2, 0.25) is 23.2 Å². The van der Waals surface area contributed by atoms with Crippen molar-refractivity contribution in [1.29, 1.82) is 0 Å². The lowest BCUT2D eigenvalue weighted by molar-refractivity contribution is -0.137. The highest BCUT2D eigenvalue weighted by atomic mass is 16.7. The van der Waals surface area contributed by atoms with Gasteiger partial charge in [-0.2, -0.15) is 0 Å². The van der Waals surface area contributed by atoms with Crippen LogP contribution in [0.4, 0.5) is 27.5 Å². The number of benzene rings is 5. The lowest BCUT2D eigenvalue weighted by atomic mass is 9.78. The molecule has 109 heavy (non-hydrogen) atoms. The van der Waals surface area contributed by atoms with Crippen LogP contribution in [0.1, 0.15) is 140 Å². The zero-order chi connectivity index (χ0) is 78.9. The number of ether oxygens (including phenoxy) is 3. The molecule has 582 valence electrons. The molecule has 1 fully saturated rings. The number of anilines is 4. The Morgan fingerprint density at radius 1 is 0.807 bits per heavy atom. The number of nitrogens with one attached hydrogen (secondary N) is 6. The summed E-state index contributed by atoms with van der Waals surface area (Å²) in [6, 6.07) is 15.2. The highest BCUT2D eigenvalue weighted by molar-refractivity contribution is 6.22. The fraction of sp³-hybridized carbons (Fsp3) is 0.450. The van der Waals surface area contributed by atoms with Gasteiger partial charge in [0.1, 0.15) is 46.2 Å². The number of aromatic nitrogens is 1. The van der Waals surface area contributed by atoms with Crippen LogP contribution in [-0.4, -0.2) is 158 Å². The summed E-state index contributed by atoms with van der Waals surface area (Å²) in [6.45, 7) is 16.3. The number of urea groups is 1. The van der Waals surface area contributed by atoms with Crippen LogP contribution in [0.25, 0.3) is 33.3 Å². The number of hydrogen-bond donors (Lipinski definition) is 12. The van der Waals surface area contributed by atoms with Crippen LogP contribution in [0, 0.1) is 36.5 Å². The van der Waals surface area contributed by atoms with Crippen molar-refractivity contribution in [2.75, 3.05) is 54.3 Å². The van der Waals surface area contributed by atoms with E-state index in [4.69, 9.17) is 34.2 Å². The van der Waals surface area contributed by atoms with Crippen molar-refractivity contribution in [3.05, 3.63) is 141 Å². The number of amides is 8. The molecule has 4 bridgehead atoms. The molecule has 0 aromatic heterocycles. The van der Waals surface area contributed by atoms with E-state index in [1.807, 2.05) is 24.3 Å². The fourth-order valence-electron chi connectivity index (χ4n) is 14.3.